The van der Waals surface area contributed by atoms with E-state index in [0.29, 0.717) is 12.5 Å². The highest BCUT2D eigenvalue weighted by molar-refractivity contribution is 14.0. The van der Waals surface area contributed by atoms with Gasteiger partial charge in [0.05, 0.1) is 19.8 Å². The summed E-state index contributed by atoms with van der Waals surface area (Å²) in [5.74, 6) is 1.24. The van der Waals surface area contributed by atoms with E-state index in [1.54, 1.807) is 18.4 Å². The fraction of sp³-hybridized carbons (Fsp3) is 0.389. The minimum Gasteiger partial charge on any atom is -0.376 e. The molecule has 0 amide bonds. The zero-order chi connectivity index (χ0) is 16.3. The summed E-state index contributed by atoms with van der Waals surface area (Å²) < 4.78 is 5.77. The summed E-state index contributed by atoms with van der Waals surface area (Å²) in [5, 5.41) is 8.74. The lowest BCUT2D eigenvalue weighted by molar-refractivity contribution is 0.0931. The number of thiophene rings is 1. The van der Waals surface area contributed by atoms with Gasteiger partial charge in [-0.1, -0.05) is 43.3 Å². The molecule has 6 heteroatoms. The van der Waals surface area contributed by atoms with E-state index < -0.39 is 0 Å². The van der Waals surface area contributed by atoms with Gasteiger partial charge in [0.25, 0.3) is 0 Å². The molecule has 2 rings (SSSR count). The molecule has 0 saturated heterocycles. The lowest BCUT2D eigenvalue weighted by atomic mass is 10.2. The van der Waals surface area contributed by atoms with E-state index >= 15 is 0 Å². The Morgan fingerprint density at radius 3 is 2.62 bits per heavy atom. The maximum Gasteiger partial charge on any atom is 0.191 e. The average molecular weight is 459 g/mol. The van der Waals surface area contributed by atoms with Crippen LogP contribution in [-0.4, -0.2) is 26.2 Å². The van der Waals surface area contributed by atoms with Crippen LogP contribution >= 0.6 is 35.3 Å². The van der Waals surface area contributed by atoms with Gasteiger partial charge < -0.3 is 15.4 Å². The molecule has 0 aliphatic heterocycles. The molecule has 2 aromatic rings. The first-order valence-corrected chi connectivity index (χ1v) is 8.74. The summed E-state index contributed by atoms with van der Waals surface area (Å²) in [6.07, 6.45) is 0. The molecule has 0 bridgehead atoms. The number of halogens is 1. The highest BCUT2D eigenvalue weighted by Crippen LogP contribution is 2.07. The fourth-order valence-corrected chi connectivity index (χ4v) is 2.73. The Hall–Kier alpha value is -1.12. The Kier molecular flexibility index (Phi) is 10.7. The summed E-state index contributed by atoms with van der Waals surface area (Å²) in [6.45, 7) is 5.19. The number of hydrogen-bond donors (Lipinski definition) is 2. The maximum absolute atomic E-state index is 5.77. The van der Waals surface area contributed by atoms with Crippen molar-refractivity contribution in [1.29, 1.82) is 0 Å². The Balaban J connectivity index is 0.00000288. The van der Waals surface area contributed by atoms with Gasteiger partial charge in [0.1, 0.15) is 0 Å². The topological polar surface area (TPSA) is 45.7 Å². The average Bonchev–Trinajstić information content (AvgIpc) is 3.09. The molecule has 0 spiro atoms. The quantitative estimate of drug-likeness (QED) is 0.358. The first kappa shape index (κ1) is 20.9. The van der Waals surface area contributed by atoms with Crippen molar-refractivity contribution >= 4 is 41.3 Å². The first-order chi connectivity index (χ1) is 11.3. The van der Waals surface area contributed by atoms with Crippen LogP contribution in [0.15, 0.2) is 52.8 Å². The van der Waals surface area contributed by atoms with E-state index in [1.165, 1.54) is 10.4 Å². The van der Waals surface area contributed by atoms with Gasteiger partial charge in [-0.25, -0.2) is 0 Å². The van der Waals surface area contributed by atoms with E-state index in [4.69, 9.17) is 4.74 Å². The third kappa shape index (κ3) is 8.12. The van der Waals surface area contributed by atoms with E-state index in [0.717, 1.165) is 25.7 Å². The Labute approximate surface area is 165 Å². The van der Waals surface area contributed by atoms with Crippen molar-refractivity contribution in [3.8, 4) is 0 Å². The van der Waals surface area contributed by atoms with Crippen LogP contribution in [-0.2, 0) is 17.9 Å². The number of aliphatic imine (C=N–C) groups is 1. The Bertz CT molecular complexity index is 575. The molecule has 1 aromatic heterocycles. The van der Waals surface area contributed by atoms with Crippen molar-refractivity contribution in [1.82, 2.24) is 10.6 Å². The summed E-state index contributed by atoms with van der Waals surface area (Å²) in [6, 6.07) is 14.4. The van der Waals surface area contributed by atoms with Crippen LogP contribution < -0.4 is 10.6 Å². The van der Waals surface area contributed by atoms with E-state index in [-0.39, 0.29) is 24.0 Å². The molecule has 24 heavy (non-hydrogen) atoms. The van der Waals surface area contributed by atoms with Crippen molar-refractivity contribution in [2.45, 2.75) is 20.1 Å². The lowest BCUT2D eigenvalue weighted by Crippen LogP contribution is -2.39. The third-order valence-electron chi connectivity index (χ3n) is 3.37. The Morgan fingerprint density at radius 1 is 1.17 bits per heavy atom. The van der Waals surface area contributed by atoms with Gasteiger partial charge in [0.15, 0.2) is 5.96 Å². The number of nitrogens with zero attached hydrogens (tertiary/aromatic N) is 1. The van der Waals surface area contributed by atoms with Gasteiger partial charge in [-0.3, -0.25) is 4.99 Å². The minimum absolute atomic E-state index is 0. The molecule has 132 valence electrons. The van der Waals surface area contributed by atoms with Crippen molar-refractivity contribution < 1.29 is 4.74 Å². The van der Waals surface area contributed by atoms with Crippen molar-refractivity contribution in [3.63, 3.8) is 0 Å². The minimum atomic E-state index is 0. The summed E-state index contributed by atoms with van der Waals surface area (Å²) in [5.41, 5.74) is 1.21. The van der Waals surface area contributed by atoms with Gasteiger partial charge in [-0.15, -0.1) is 35.3 Å². The molecule has 0 aliphatic rings. The highest BCUT2D eigenvalue weighted by Gasteiger charge is 2.05. The number of rotatable bonds is 8. The van der Waals surface area contributed by atoms with Gasteiger partial charge >= 0.3 is 0 Å². The molecule has 1 atom stereocenters. The van der Waals surface area contributed by atoms with Crippen LogP contribution in [0, 0.1) is 5.92 Å². The largest absolute Gasteiger partial charge is 0.376 e. The number of benzene rings is 1. The zero-order valence-electron chi connectivity index (χ0n) is 14.2. The number of guanidine groups is 1. The van der Waals surface area contributed by atoms with E-state index in [1.807, 2.05) is 18.2 Å². The number of ether oxygens (including phenoxy) is 1. The molecular formula is C18H26IN3OS. The van der Waals surface area contributed by atoms with Crippen LogP contribution in [0.2, 0.25) is 0 Å². The van der Waals surface area contributed by atoms with E-state index in [2.05, 4.69) is 52.2 Å². The van der Waals surface area contributed by atoms with Crippen molar-refractivity contribution in [2.24, 2.45) is 10.9 Å². The number of nitrogens with one attached hydrogen (secondary N) is 2. The SMILES string of the molecule is CN=C(NCc1cccs1)NCC(C)COCc1ccccc1.I. The predicted molar refractivity (Wildman–Crippen MR) is 113 cm³/mol. The molecule has 0 radical (unpaired) electrons. The molecular weight excluding hydrogens is 433 g/mol. The van der Waals surface area contributed by atoms with E-state index in [9.17, 15) is 0 Å². The summed E-state index contributed by atoms with van der Waals surface area (Å²) >= 11 is 1.74. The van der Waals surface area contributed by atoms with Crippen LogP contribution in [0.25, 0.3) is 0 Å². The standard InChI is InChI=1S/C18H25N3OS.HI/c1-15(13-22-14-16-7-4-3-5-8-16)11-20-18(19-2)21-12-17-9-6-10-23-17;/h3-10,15H,11-14H2,1-2H3,(H2,19,20,21);1H. The van der Waals surface area contributed by atoms with Crippen molar-refractivity contribution in [3.05, 3.63) is 58.3 Å². The third-order valence-corrected chi connectivity index (χ3v) is 4.24. The molecule has 2 N–H and O–H groups in total. The second-order valence-electron chi connectivity index (χ2n) is 5.49. The summed E-state index contributed by atoms with van der Waals surface area (Å²) in [7, 11) is 1.79. The normalized spacial score (nSPS) is 12.3. The zero-order valence-corrected chi connectivity index (χ0v) is 17.3. The van der Waals surface area contributed by atoms with Crippen molar-refractivity contribution in [2.75, 3.05) is 20.2 Å². The van der Waals surface area contributed by atoms with Gasteiger partial charge in [0.2, 0.25) is 0 Å². The highest BCUT2D eigenvalue weighted by atomic mass is 127. The molecule has 1 heterocycles. The maximum atomic E-state index is 5.77. The number of hydrogen-bond acceptors (Lipinski definition) is 3. The van der Waals surface area contributed by atoms with Crippen LogP contribution in [0.4, 0.5) is 0 Å². The summed E-state index contributed by atoms with van der Waals surface area (Å²) in [4.78, 5) is 5.54. The molecule has 1 unspecified atom stereocenters. The Morgan fingerprint density at radius 2 is 1.96 bits per heavy atom. The molecule has 4 nitrogen and oxygen atoms in total. The molecule has 0 saturated carbocycles. The van der Waals surface area contributed by atoms with Gasteiger partial charge in [-0.05, 0) is 22.9 Å². The first-order valence-electron chi connectivity index (χ1n) is 7.86. The van der Waals surface area contributed by atoms with Gasteiger partial charge in [0, 0.05) is 18.5 Å². The molecule has 0 aliphatic carbocycles. The second-order valence-corrected chi connectivity index (χ2v) is 6.52. The smallest absolute Gasteiger partial charge is 0.191 e. The van der Waals surface area contributed by atoms with Crippen LogP contribution in [0.5, 0.6) is 0 Å². The molecule has 0 fully saturated rings. The van der Waals surface area contributed by atoms with Crippen LogP contribution in [0.3, 0.4) is 0 Å². The van der Waals surface area contributed by atoms with Crippen LogP contribution in [0.1, 0.15) is 17.4 Å². The second kappa shape index (κ2) is 12.3. The molecule has 1 aromatic carbocycles. The monoisotopic (exact) mass is 459 g/mol. The lowest BCUT2D eigenvalue weighted by Gasteiger charge is -2.16. The van der Waals surface area contributed by atoms with Gasteiger partial charge in [-0.2, -0.15) is 0 Å². The predicted octanol–water partition coefficient (Wildman–Crippen LogP) is 3.88. The fourth-order valence-electron chi connectivity index (χ4n) is 2.09.